The Bertz CT molecular complexity index is 387. The number of hydroxylamine groups is 2. The smallest absolute Gasteiger partial charge is 0.260 e. The second-order valence-corrected chi connectivity index (χ2v) is 5.49. The number of nitrogens with zero attached hydrogens (tertiary/aromatic N) is 1. The lowest BCUT2D eigenvalue weighted by Gasteiger charge is -2.17. The molecule has 0 aromatic heterocycles. The SMILES string of the molecule is CC(C)CCON1C(=O)C2C3C=CC(O3)C2C1=O. The van der Waals surface area contributed by atoms with E-state index in [0.29, 0.717) is 12.5 Å². The van der Waals surface area contributed by atoms with Gasteiger partial charge in [-0.2, -0.15) is 5.06 Å². The molecule has 0 radical (unpaired) electrons. The number of hydrogen-bond donors (Lipinski definition) is 0. The molecular weight excluding hydrogens is 234 g/mol. The maximum Gasteiger partial charge on any atom is 0.260 e. The normalized spacial score (nSPS) is 37.2. The Kier molecular flexibility index (Phi) is 2.75. The monoisotopic (exact) mass is 251 g/mol. The quantitative estimate of drug-likeness (QED) is 0.550. The molecule has 0 N–H and O–H groups in total. The molecule has 0 saturated carbocycles. The molecule has 2 amide bonds. The van der Waals surface area contributed by atoms with Crippen molar-refractivity contribution in [2.45, 2.75) is 32.5 Å². The van der Waals surface area contributed by atoms with Gasteiger partial charge in [0.05, 0.1) is 30.7 Å². The average molecular weight is 251 g/mol. The molecule has 4 atom stereocenters. The maximum atomic E-state index is 12.1. The third-order valence-corrected chi connectivity index (χ3v) is 3.79. The van der Waals surface area contributed by atoms with Crippen LogP contribution in [0.1, 0.15) is 20.3 Å². The Morgan fingerprint density at radius 1 is 1.22 bits per heavy atom. The Morgan fingerprint density at radius 2 is 1.78 bits per heavy atom. The van der Waals surface area contributed by atoms with E-state index in [4.69, 9.17) is 9.57 Å². The van der Waals surface area contributed by atoms with Crippen LogP contribution in [0.25, 0.3) is 0 Å². The van der Waals surface area contributed by atoms with Gasteiger partial charge >= 0.3 is 0 Å². The Hall–Kier alpha value is -1.20. The van der Waals surface area contributed by atoms with E-state index in [1.807, 2.05) is 12.2 Å². The van der Waals surface area contributed by atoms with Crippen LogP contribution in [0.3, 0.4) is 0 Å². The highest BCUT2D eigenvalue weighted by atomic mass is 16.7. The third kappa shape index (κ3) is 1.61. The van der Waals surface area contributed by atoms with Crippen molar-refractivity contribution in [3.63, 3.8) is 0 Å². The van der Waals surface area contributed by atoms with Gasteiger partial charge in [-0.1, -0.05) is 26.0 Å². The van der Waals surface area contributed by atoms with Gasteiger partial charge in [0.25, 0.3) is 11.8 Å². The predicted molar refractivity (Wildman–Crippen MR) is 62.0 cm³/mol. The topological polar surface area (TPSA) is 55.8 Å². The van der Waals surface area contributed by atoms with E-state index in [1.165, 1.54) is 0 Å². The number of hydrogen-bond acceptors (Lipinski definition) is 4. The minimum Gasteiger partial charge on any atom is -0.365 e. The van der Waals surface area contributed by atoms with Crippen LogP contribution in [0.4, 0.5) is 0 Å². The fraction of sp³-hybridized carbons (Fsp3) is 0.692. The molecule has 5 heteroatoms. The molecule has 5 nitrogen and oxygen atoms in total. The molecule has 0 aromatic rings. The highest BCUT2D eigenvalue weighted by molar-refractivity contribution is 6.05. The molecule has 2 fully saturated rings. The zero-order valence-electron chi connectivity index (χ0n) is 10.5. The average Bonchev–Trinajstić information content (AvgIpc) is 2.97. The molecule has 4 unspecified atom stereocenters. The number of fused-ring (bicyclic) bond motifs is 5. The van der Waals surface area contributed by atoms with E-state index in [1.54, 1.807) is 0 Å². The van der Waals surface area contributed by atoms with E-state index in [2.05, 4.69) is 13.8 Å². The van der Waals surface area contributed by atoms with E-state index in [-0.39, 0.29) is 35.9 Å². The summed E-state index contributed by atoms with van der Waals surface area (Å²) in [5, 5.41) is 0.966. The molecule has 18 heavy (non-hydrogen) atoms. The molecule has 0 aromatic carbocycles. The maximum absolute atomic E-state index is 12.1. The summed E-state index contributed by atoms with van der Waals surface area (Å²) >= 11 is 0. The van der Waals surface area contributed by atoms with Crippen molar-refractivity contribution < 1.29 is 19.2 Å². The van der Waals surface area contributed by atoms with Crippen molar-refractivity contribution in [3.05, 3.63) is 12.2 Å². The second-order valence-electron chi connectivity index (χ2n) is 5.49. The van der Waals surface area contributed by atoms with Crippen LogP contribution in [0.2, 0.25) is 0 Å². The molecule has 2 saturated heterocycles. The summed E-state index contributed by atoms with van der Waals surface area (Å²) in [6, 6.07) is 0. The van der Waals surface area contributed by atoms with Crippen LogP contribution >= 0.6 is 0 Å². The Labute approximate surface area is 106 Å². The van der Waals surface area contributed by atoms with Crippen LogP contribution in [-0.4, -0.2) is 35.7 Å². The molecular formula is C13H17NO4. The van der Waals surface area contributed by atoms with Gasteiger partial charge < -0.3 is 4.74 Å². The number of amides is 2. The molecule has 3 heterocycles. The molecule has 0 aliphatic carbocycles. The Balaban J connectivity index is 1.68. The van der Waals surface area contributed by atoms with Gasteiger partial charge in [-0.05, 0) is 12.3 Å². The van der Waals surface area contributed by atoms with Gasteiger partial charge in [0.15, 0.2) is 0 Å². The summed E-state index contributed by atoms with van der Waals surface area (Å²) in [5.74, 6) is -0.743. The van der Waals surface area contributed by atoms with Gasteiger partial charge in [-0.15, -0.1) is 0 Å². The van der Waals surface area contributed by atoms with Gasteiger partial charge in [0.2, 0.25) is 0 Å². The van der Waals surface area contributed by atoms with Crippen molar-refractivity contribution in [2.24, 2.45) is 17.8 Å². The molecule has 3 aliphatic heterocycles. The lowest BCUT2D eigenvalue weighted by Crippen LogP contribution is -2.35. The summed E-state index contributed by atoms with van der Waals surface area (Å²) in [6.45, 7) is 4.55. The van der Waals surface area contributed by atoms with Crippen LogP contribution in [0, 0.1) is 17.8 Å². The van der Waals surface area contributed by atoms with Crippen LogP contribution in [0.5, 0.6) is 0 Å². The first-order valence-corrected chi connectivity index (χ1v) is 6.44. The minimum absolute atomic E-state index is 0.241. The van der Waals surface area contributed by atoms with E-state index in [9.17, 15) is 9.59 Å². The van der Waals surface area contributed by atoms with E-state index < -0.39 is 0 Å². The number of ether oxygens (including phenoxy) is 1. The lowest BCUT2D eigenvalue weighted by atomic mass is 9.85. The minimum atomic E-state index is -0.369. The summed E-state index contributed by atoms with van der Waals surface area (Å²) in [7, 11) is 0. The van der Waals surface area contributed by atoms with E-state index >= 15 is 0 Å². The number of carbonyl (C=O) groups is 2. The van der Waals surface area contributed by atoms with Crippen LogP contribution < -0.4 is 0 Å². The highest BCUT2D eigenvalue weighted by Crippen LogP contribution is 2.45. The van der Waals surface area contributed by atoms with Crippen molar-refractivity contribution >= 4 is 11.8 Å². The summed E-state index contributed by atoms with van der Waals surface area (Å²) < 4.78 is 5.54. The number of imide groups is 1. The van der Waals surface area contributed by atoms with Gasteiger partial charge in [0, 0.05) is 0 Å². The van der Waals surface area contributed by atoms with Crippen LogP contribution in [-0.2, 0) is 19.2 Å². The molecule has 98 valence electrons. The lowest BCUT2D eigenvalue weighted by molar-refractivity contribution is -0.192. The van der Waals surface area contributed by atoms with Gasteiger partial charge in [-0.3, -0.25) is 14.4 Å². The number of rotatable bonds is 4. The Morgan fingerprint density at radius 3 is 2.28 bits per heavy atom. The first kappa shape index (κ1) is 11.9. The first-order chi connectivity index (χ1) is 8.59. The van der Waals surface area contributed by atoms with E-state index in [0.717, 1.165) is 11.5 Å². The van der Waals surface area contributed by atoms with Crippen molar-refractivity contribution in [1.82, 2.24) is 5.06 Å². The molecule has 3 aliphatic rings. The first-order valence-electron chi connectivity index (χ1n) is 6.44. The molecule has 3 rings (SSSR count). The fourth-order valence-electron chi connectivity index (χ4n) is 2.78. The van der Waals surface area contributed by atoms with Gasteiger partial charge in [0.1, 0.15) is 0 Å². The summed E-state index contributed by atoms with van der Waals surface area (Å²) in [5.41, 5.74) is 0. The highest BCUT2D eigenvalue weighted by Gasteiger charge is 2.61. The fourth-order valence-corrected chi connectivity index (χ4v) is 2.78. The standard InChI is InChI=1S/C13H17NO4/c1-7(2)5-6-17-14-12(15)10-8-3-4-9(18-8)11(10)13(14)16/h3-4,7-11H,5-6H2,1-2H3. The third-order valence-electron chi connectivity index (χ3n) is 3.79. The van der Waals surface area contributed by atoms with Crippen molar-refractivity contribution in [1.29, 1.82) is 0 Å². The molecule has 2 bridgehead atoms. The van der Waals surface area contributed by atoms with Gasteiger partial charge in [-0.25, -0.2) is 0 Å². The number of carbonyl (C=O) groups excluding carboxylic acids is 2. The predicted octanol–water partition coefficient (Wildman–Crippen LogP) is 0.902. The zero-order chi connectivity index (χ0) is 12.9. The van der Waals surface area contributed by atoms with Crippen molar-refractivity contribution in [2.75, 3.05) is 6.61 Å². The van der Waals surface area contributed by atoms with Crippen LogP contribution in [0.15, 0.2) is 12.2 Å². The zero-order valence-corrected chi connectivity index (χ0v) is 10.5. The molecule has 0 spiro atoms. The van der Waals surface area contributed by atoms with Crippen molar-refractivity contribution in [3.8, 4) is 0 Å². The summed E-state index contributed by atoms with van der Waals surface area (Å²) in [4.78, 5) is 29.6. The summed E-state index contributed by atoms with van der Waals surface area (Å²) in [6.07, 6.45) is 4.09. The largest absolute Gasteiger partial charge is 0.365 e. The second kappa shape index (κ2) is 4.17.